The molecule has 0 saturated carbocycles. The molecule has 0 unspecified atom stereocenters. The molecule has 1 fully saturated rings. The van der Waals surface area contributed by atoms with E-state index in [1.165, 1.54) is 4.90 Å². The maximum atomic E-state index is 12.5. The zero-order valence-corrected chi connectivity index (χ0v) is 13.8. The van der Waals surface area contributed by atoms with Crippen molar-refractivity contribution in [3.05, 3.63) is 65.7 Å². The van der Waals surface area contributed by atoms with Crippen molar-refractivity contribution < 1.29 is 19.2 Å². The number of anilines is 1. The molecule has 0 bridgehead atoms. The Morgan fingerprint density at radius 2 is 1.23 bits per heavy atom. The van der Waals surface area contributed by atoms with E-state index in [4.69, 9.17) is 0 Å². The van der Waals surface area contributed by atoms with Crippen LogP contribution in [-0.4, -0.2) is 53.2 Å². The van der Waals surface area contributed by atoms with Gasteiger partial charge in [-0.25, -0.2) is 4.79 Å². The van der Waals surface area contributed by atoms with Crippen molar-refractivity contribution in [3.63, 3.8) is 0 Å². The molecule has 2 aromatic rings. The maximum Gasteiger partial charge on any atom is 0.331 e. The molecule has 2 aromatic carbocycles. The Morgan fingerprint density at radius 3 is 1.85 bits per heavy atom. The van der Waals surface area contributed by atoms with Crippen molar-refractivity contribution in [1.82, 2.24) is 9.80 Å². The third-order valence-electron chi connectivity index (χ3n) is 4.55. The minimum atomic E-state index is -0.446. The number of hydrogen-bond acceptors (Lipinski definition) is 4. The maximum absolute atomic E-state index is 12.5. The molecule has 130 valence electrons. The molecule has 0 N–H and O–H groups in total. The van der Waals surface area contributed by atoms with Gasteiger partial charge in [0.15, 0.2) is 0 Å². The van der Waals surface area contributed by atoms with Gasteiger partial charge in [-0.3, -0.25) is 29.1 Å². The third kappa shape index (κ3) is 2.45. The van der Waals surface area contributed by atoms with E-state index >= 15 is 0 Å². The Morgan fingerprint density at radius 1 is 0.692 bits per heavy atom. The number of benzene rings is 2. The number of imide groups is 2. The summed E-state index contributed by atoms with van der Waals surface area (Å²) in [5.41, 5.74) is 1.33. The lowest BCUT2D eigenvalue weighted by atomic mass is 10.1. The predicted molar refractivity (Wildman–Crippen MR) is 92.7 cm³/mol. The molecule has 26 heavy (non-hydrogen) atoms. The van der Waals surface area contributed by atoms with Gasteiger partial charge < -0.3 is 0 Å². The van der Waals surface area contributed by atoms with Crippen molar-refractivity contribution in [2.75, 3.05) is 24.5 Å². The number of para-hydroxylation sites is 1. The highest BCUT2D eigenvalue weighted by Crippen LogP contribution is 2.24. The van der Waals surface area contributed by atoms with E-state index < -0.39 is 17.8 Å². The van der Waals surface area contributed by atoms with Gasteiger partial charge in [-0.1, -0.05) is 30.3 Å². The van der Waals surface area contributed by atoms with Crippen LogP contribution < -0.4 is 4.90 Å². The summed E-state index contributed by atoms with van der Waals surface area (Å²) in [6.07, 6.45) is 0. The summed E-state index contributed by atoms with van der Waals surface area (Å²) in [5, 5.41) is 0. The van der Waals surface area contributed by atoms with Gasteiger partial charge in [0.1, 0.15) is 6.54 Å². The molecule has 4 rings (SSSR count). The highest BCUT2D eigenvalue weighted by atomic mass is 16.2. The number of rotatable bonds is 4. The number of urea groups is 1. The topological polar surface area (TPSA) is 78.0 Å². The molecule has 5 amide bonds. The highest BCUT2D eigenvalue weighted by Gasteiger charge is 2.39. The van der Waals surface area contributed by atoms with Gasteiger partial charge in [0, 0.05) is 18.8 Å². The molecule has 0 spiro atoms. The van der Waals surface area contributed by atoms with E-state index in [0.717, 1.165) is 9.80 Å². The van der Waals surface area contributed by atoms with Crippen molar-refractivity contribution in [3.8, 4) is 0 Å². The fourth-order valence-corrected chi connectivity index (χ4v) is 3.21. The van der Waals surface area contributed by atoms with Crippen LogP contribution in [-0.2, 0) is 4.79 Å². The van der Waals surface area contributed by atoms with Crippen molar-refractivity contribution >= 4 is 29.4 Å². The van der Waals surface area contributed by atoms with Gasteiger partial charge in [-0.05, 0) is 24.3 Å². The zero-order valence-electron chi connectivity index (χ0n) is 13.8. The SMILES string of the molecule is O=C1CN(c2ccccc2)C(=O)N1CCN1C(=O)c2ccccc2C1=O. The summed E-state index contributed by atoms with van der Waals surface area (Å²) in [5.74, 6) is -1.15. The highest BCUT2D eigenvalue weighted by molar-refractivity contribution is 6.21. The number of hydrogen-bond donors (Lipinski definition) is 0. The monoisotopic (exact) mass is 349 g/mol. The van der Waals surface area contributed by atoms with E-state index in [0.29, 0.717) is 16.8 Å². The van der Waals surface area contributed by atoms with Crippen LogP contribution in [0.15, 0.2) is 54.6 Å². The number of amides is 5. The third-order valence-corrected chi connectivity index (χ3v) is 4.55. The summed E-state index contributed by atoms with van der Waals surface area (Å²) < 4.78 is 0. The average Bonchev–Trinajstić information content (AvgIpc) is 3.09. The van der Waals surface area contributed by atoms with Crippen LogP contribution in [0.25, 0.3) is 0 Å². The number of carbonyl (C=O) groups excluding carboxylic acids is 4. The minimum Gasteiger partial charge on any atom is -0.285 e. The Labute approximate surface area is 149 Å². The normalized spacial score (nSPS) is 16.7. The summed E-state index contributed by atoms with van der Waals surface area (Å²) in [4.78, 5) is 53.0. The molecule has 0 aliphatic carbocycles. The lowest BCUT2D eigenvalue weighted by molar-refractivity contribution is -0.124. The number of fused-ring (bicyclic) bond motifs is 1. The summed E-state index contributed by atoms with van der Waals surface area (Å²) in [7, 11) is 0. The molecule has 7 heteroatoms. The Bertz CT molecular complexity index is 890. The lowest BCUT2D eigenvalue weighted by Gasteiger charge is -2.20. The molecular formula is C19H15N3O4. The zero-order chi connectivity index (χ0) is 18.3. The van der Waals surface area contributed by atoms with Gasteiger partial charge in [0.25, 0.3) is 17.7 Å². The van der Waals surface area contributed by atoms with Crippen LogP contribution >= 0.6 is 0 Å². The standard InChI is InChI=1S/C19H15N3O4/c23-16-12-22(13-6-2-1-3-7-13)19(26)20(16)10-11-21-17(24)14-8-4-5-9-15(14)18(21)25/h1-9H,10-12H2. The molecule has 2 aliphatic rings. The Balaban J connectivity index is 1.47. The predicted octanol–water partition coefficient (Wildman–Crippen LogP) is 1.75. The Hall–Kier alpha value is -3.48. The fraction of sp³-hybridized carbons (Fsp3) is 0.158. The second kappa shape index (κ2) is 6.11. The smallest absolute Gasteiger partial charge is 0.285 e. The first-order chi connectivity index (χ1) is 12.6. The Kier molecular flexibility index (Phi) is 3.76. The fourth-order valence-electron chi connectivity index (χ4n) is 3.21. The second-order valence-electron chi connectivity index (χ2n) is 6.06. The molecule has 7 nitrogen and oxygen atoms in total. The first kappa shape index (κ1) is 16.0. The van der Waals surface area contributed by atoms with Gasteiger partial charge in [-0.15, -0.1) is 0 Å². The largest absolute Gasteiger partial charge is 0.331 e. The molecule has 2 heterocycles. The van der Waals surface area contributed by atoms with Crippen LogP contribution in [0.1, 0.15) is 20.7 Å². The first-order valence-corrected chi connectivity index (χ1v) is 8.20. The summed E-state index contributed by atoms with van der Waals surface area (Å²) >= 11 is 0. The van der Waals surface area contributed by atoms with Gasteiger partial charge >= 0.3 is 6.03 Å². The van der Waals surface area contributed by atoms with Crippen LogP contribution in [0.3, 0.4) is 0 Å². The summed E-state index contributed by atoms with van der Waals surface area (Å²) in [6.45, 7) is -0.0934. The van der Waals surface area contributed by atoms with Crippen LogP contribution in [0.5, 0.6) is 0 Å². The number of carbonyl (C=O) groups is 4. The lowest BCUT2D eigenvalue weighted by Crippen LogP contribution is -2.41. The van der Waals surface area contributed by atoms with E-state index in [-0.39, 0.29) is 25.5 Å². The average molecular weight is 349 g/mol. The van der Waals surface area contributed by atoms with Crippen molar-refractivity contribution in [2.24, 2.45) is 0 Å². The van der Waals surface area contributed by atoms with Gasteiger partial charge in [0.05, 0.1) is 11.1 Å². The van der Waals surface area contributed by atoms with E-state index in [9.17, 15) is 19.2 Å². The molecule has 0 atom stereocenters. The molecule has 0 radical (unpaired) electrons. The van der Waals surface area contributed by atoms with Crippen molar-refractivity contribution in [1.29, 1.82) is 0 Å². The van der Waals surface area contributed by atoms with E-state index in [1.807, 2.05) is 6.07 Å². The molecule has 0 aromatic heterocycles. The van der Waals surface area contributed by atoms with Gasteiger partial charge in [0.2, 0.25) is 0 Å². The number of nitrogens with zero attached hydrogens (tertiary/aromatic N) is 3. The second-order valence-corrected chi connectivity index (χ2v) is 6.06. The van der Waals surface area contributed by atoms with Crippen molar-refractivity contribution in [2.45, 2.75) is 0 Å². The quantitative estimate of drug-likeness (QED) is 0.622. The van der Waals surface area contributed by atoms with Crippen LogP contribution in [0.2, 0.25) is 0 Å². The molecular weight excluding hydrogens is 334 g/mol. The van der Waals surface area contributed by atoms with E-state index in [2.05, 4.69) is 0 Å². The van der Waals surface area contributed by atoms with E-state index in [1.54, 1.807) is 48.5 Å². The first-order valence-electron chi connectivity index (χ1n) is 8.20. The van der Waals surface area contributed by atoms with Gasteiger partial charge in [-0.2, -0.15) is 0 Å². The molecule has 1 saturated heterocycles. The minimum absolute atomic E-state index is 0.0214. The summed E-state index contributed by atoms with van der Waals surface area (Å²) in [6, 6.07) is 15.0. The van der Waals surface area contributed by atoms with Crippen LogP contribution in [0.4, 0.5) is 10.5 Å². The molecule has 2 aliphatic heterocycles. The van der Waals surface area contributed by atoms with Crippen LogP contribution in [0, 0.1) is 0 Å².